The number of nitrogens with zero attached hydrogens (tertiary/aromatic N) is 2. The van der Waals surface area contributed by atoms with E-state index in [0.29, 0.717) is 16.9 Å². The van der Waals surface area contributed by atoms with Crippen LogP contribution in [-0.4, -0.2) is 21.1 Å². The zero-order valence-electron chi connectivity index (χ0n) is 18.3. The Balaban J connectivity index is 1.65. The van der Waals surface area contributed by atoms with Crippen molar-refractivity contribution in [2.45, 2.75) is 39.1 Å². The minimum absolute atomic E-state index is 0.185. The molecule has 2 aromatic carbocycles. The minimum atomic E-state index is -4.74. The second-order valence-corrected chi connectivity index (χ2v) is 8.66. The first-order chi connectivity index (χ1) is 15.5. The van der Waals surface area contributed by atoms with Crippen molar-refractivity contribution in [2.75, 3.05) is 5.32 Å². The van der Waals surface area contributed by atoms with Gasteiger partial charge in [-0.25, -0.2) is 4.68 Å². The smallest absolute Gasteiger partial charge is 0.406 e. The molecule has 0 saturated carbocycles. The summed E-state index contributed by atoms with van der Waals surface area (Å²) in [6.45, 7) is 6.35. The van der Waals surface area contributed by atoms with Crippen LogP contribution in [0.2, 0.25) is 0 Å². The average Bonchev–Trinajstić information content (AvgIpc) is 3.11. The third-order valence-corrected chi connectivity index (χ3v) is 5.05. The molecule has 0 aliphatic heterocycles. The summed E-state index contributed by atoms with van der Waals surface area (Å²) in [5, 5.41) is 8.69. The number of pyridine rings is 1. The first kappa shape index (κ1) is 22.4. The van der Waals surface area contributed by atoms with Gasteiger partial charge in [-0.15, -0.1) is 13.2 Å². The van der Waals surface area contributed by atoms with E-state index in [0.717, 1.165) is 16.8 Å². The second kappa shape index (κ2) is 8.31. The number of anilines is 1. The molecule has 0 fully saturated rings. The van der Waals surface area contributed by atoms with Gasteiger partial charge in [-0.2, -0.15) is 5.10 Å². The SMILES string of the molecule is CC(C)(C)c1nn(-c2ccccc2)c2[nH]c(=O)c(CNc3ccc(OC(F)(F)F)cc3)cc12. The van der Waals surface area contributed by atoms with E-state index in [1.54, 1.807) is 4.68 Å². The lowest BCUT2D eigenvalue weighted by atomic mass is 9.90. The van der Waals surface area contributed by atoms with Crippen LogP contribution in [0.4, 0.5) is 18.9 Å². The molecule has 33 heavy (non-hydrogen) atoms. The number of hydrogen-bond acceptors (Lipinski definition) is 4. The number of halogens is 3. The monoisotopic (exact) mass is 456 g/mol. The van der Waals surface area contributed by atoms with Crippen molar-refractivity contribution in [2.24, 2.45) is 0 Å². The maximum Gasteiger partial charge on any atom is 0.573 e. The first-order valence-electron chi connectivity index (χ1n) is 10.3. The Hall–Kier alpha value is -3.75. The third-order valence-electron chi connectivity index (χ3n) is 5.05. The number of para-hydroxylation sites is 1. The van der Waals surface area contributed by atoms with Crippen LogP contribution in [-0.2, 0) is 12.0 Å². The molecule has 4 rings (SSSR count). The van der Waals surface area contributed by atoms with E-state index < -0.39 is 6.36 Å². The molecule has 0 unspecified atom stereocenters. The molecule has 0 radical (unpaired) electrons. The molecule has 9 heteroatoms. The highest BCUT2D eigenvalue weighted by Gasteiger charge is 2.31. The van der Waals surface area contributed by atoms with Crippen LogP contribution in [0.1, 0.15) is 32.0 Å². The Bertz CT molecular complexity index is 1320. The molecule has 4 aromatic rings. The van der Waals surface area contributed by atoms with Crippen molar-refractivity contribution in [3.8, 4) is 11.4 Å². The molecule has 0 spiro atoms. The Labute approximate surface area is 188 Å². The maximum absolute atomic E-state index is 12.8. The Kier molecular flexibility index (Phi) is 5.65. The van der Waals surface area contributed by atoms with Crippen molar-refractivity contribution in [3.05, 3.63) is 82.3 Å². The van der Waals surface area contributed by atoms with E-state index in [1.807, 2.05) is 36.4 Å². The zero-order chi connectivity index (χ0) is 23.8. The fourth-order valence-corrected chi connectivity index (χ4v) is 3.53. The van der Waals surface area contributed by atoms with Gasteiger partial charge in [0.2, 0.25) is 0 Å². The summed E-state index contributed by atoms with van der Waals surface area (Å²) in [7, 11) is 0. The number of hydrogen-bond donors (Lipinski definition) is 2. The maximum atomic E-state index is 12.8. The van der Waals surface area contributed by atoms with Gasteiger partial charge < -0.3 is 15.0 Å². The molecule has 6 nitrogen and oxygen atoms in total. The number of nitrogens with one attached hydrogen (secondary N) is 2. The summed E-state index contributed by atoms with van der Waals surface area (Å²) in [5.74, 6) is -0.310. The molecule has 2 N–H and O–H groups in total. The van der Waals surface area contributed by atoms with E-state index >= 15 is 0 Å². The number of rotatable bonds is 5. The molecule has 172 valence electrons. The number of aromatic amines is 1. The minimum Gasteiger partial charge on any atom is -0.406 e. The van der Waals surface area contributed by atoms with E-state index in [1.165, 1.54) is 24.3 Å². The number of alkyl halides is 3. The average molecular weight is 456 g/mol. The highest BCUT2D eigenvalue weighted by Crippen LogP contribution is 2.30. The summed E-state index contributed by atoms with van der Waals surface area (Å²) in [5.41, 5.74) is 2.78. The predicted molar refractivity (Wildman–Crippen MR) is 121 cm³/mol. The number of aromatic nitrogens is 3. The molecular weight excluding hydrogens is 433 g/mol. The van der Waals surface area contributed by atoms with Crippen LogP contribution in [0.15, 0.2) is 65.5 Å². The highest BCUT2D eigenvalue weighted by molar-refractivity contribution is 5.81. The van der Waals surface area contributed by atoms with Gasteiger partial charge in [-0.3, -0.25) is 4.79 Å². The van der Waals surface area contributed by atoms with Crippen molar-refractivity contribution < 1.29 is 17.9 Å². The predicted octanol–water partition coefficient (Wildman–Crippen LogP) is 5.52. The normalized spacial score (nSPS) is 12.2. The fourth-order valence-electron chi connectivity index (χ4n) is 3.53. The van der Waals surface area contributed by atoms with Crippen LogP contribution in [0.5, 0.6) is 5.75 Å². The van der Waals surface area contributed by atoms with Crippen LogP contribution in [0.3, 0.4) is 0 Å². The summed E-state index contributed by atoms with van der Waals surface area (Å²) in [6, 6.07) is 16.7. The lowest BCUT2D eigenvalue weighted by molar-refractivity contribution is -0.274. The van der Waals surface area contributed by atoms with Gasteiger partial charge in [0.1, 0.15) is 11.4 Å². The summed E-state index contributed by atoms with van der Waals surface area (Å²) < 4.78 is 42.6. The first-order valence-corrected chi connectivity index (χ1v) is 10.3. The molecule has 0 aliphatic rings. The molecule has 2 heterocycles. The lowest BCUT2D eigenvalue weighted by Gasteiger charge is -2.15. The number of ether oxygens (including phenoxy) is 1. The molecule has 0 amide bonds. The Morgan fingerprint density at radius 2 is 1.70 bits per heavy atom. The van der Waals surface area contributed by atoms with Gasteiger partial charge in [0.25, 0.3) is 5.56 Å². The van der Waals surface area contributed by atoms with Crippen molar-refractivity contribution in [3.63, 3.8) is 0 Å². The lowest BCUT2D eigenvalue weighted by Crippen LogP contribution is -2.17. The zero-order valence-corrected chi connectivity index (χ0v) is 18.3. The molecule has 0 aliphatic carbocycles. The number of fused-ring (bicyclic) bond motifs is 1. The number of benzene rings is 2. The van der Waals surface area contributed by atoms with Crippen LogP contribution >= 0.6 is 0 Å². The van der Waals surface area contributed by atoms with Crippen molar-refractivity contribution in [1.29, 1.82) is 0 Å². The van der Waals surface area contributed by atoms with E-state index in [-0.39, 0.29) is 23.3 Å². The molecule has 2 aromatic heterocycles. The fraction of sp³-hybridized carbons (Fsp3) is 0.250. The Morgan fingerprint density at radius 3 is 2.30 bits per heavy atom. The van der Waals surface area contributed by atoms with Gasteiger partial charge in [-0.05, 0) is 42.5 Å². The van der Waals surface area contributed by atoms with Gasteiger partial charge in [0.15, 0.2) is 0 Å². The largest absolute Gasteiger partial charge is 0.573 e. The number of H-pyrrole nitrogens is 1. The highest BCUT2D eigenvalue weighted by atomic mass is 19.4. The van der Waals surface area contributed by atoms with Crippen LogP contribution < -0.4 is 15.6 Å². The molecule has 0 saturated heterocycles. The molecule has 0 atom stereocenters. The Morgan fingerprint density at radius 1 is 1.03 bits per heavy atom. The van der Waals surface area contributed by atoms with Gasteiger partial charge in [0, 0.05) is 28.6 Å². The van der Waals surface area contributed by atoms with Gasteiger partial charge >= 0.3 is 6.36 Å². The summed E-state index contributed by atoms with van der Waals surface area (Å²) in [4.78, 5) is 15.8. The van der Waals surface area contributed by atoms with E-state index in [4.69, 9.17) is 5.10 Å². The third kappa shape index (κ3) is 5.02. The van der Waals surface area contributed by atoms with Crippen LogP contribution in [0, 0.1) is 0 Å². The van der Waals surface area contributed by atoms with Crippen molar-refractivity contribution >= 4 is 16.7 Å². The standard InChI is InChI=1S/C24H23F3N4O2/c1-23(2,3)20-19-13-15(14-28-16-9-11-18(12-10-16)33-24(25,26)27)22(32)29-21(19)31(30-20)17-7-5-4-6-8-17/h4-13,28H,14H2,1-3H3,(H,29,32). The molecule has 0 bridgehead atoms. The topological polar surface area (TPSA) is 71.9 Å². The quantitative estimate of drug-likeness (QED) is 0.415. The summed E-state index contributed by atoms with van der Waals surface area (Å²) >= 11 is 0. The van der Waals surface area contributed by atoms with E-state index in [9.17, 15) is 18.0 Å². The second-order valence-electron chi connectivity index (χ2n) is 8.66. The summed E-state index contributed by atoms with van der Waals surface area (Å²) in [6.07, 6.45) is -4.74. The van der Waals surface area contributed by atoms with Crippen LogP contribution in [0.25, 0.3) is 16.7 Å². The molecular formula is C24H23F3N4O2. The van der Waals surface area contributed by atoms with Gasteiger partial charge in [-0.1, -0.05) is 39.0 Å². The van der Waals surface area contributed by atoms with Crippen molar-refractivity contribution in [1.82, 2.24) is 14.8 Å². The van der Waals surface area contributed by atoms with Gasteiger partial charge in [0.05, 0.1) is 11.4 Å². The van der Waals surface area contributed by atoms with E-state index in [2.05, 4.69) is 35.8 Å².